The van der Waals surface area contributed by atoms with Gasteiger partial charge in [-0.1, -0.05) is 20.8 Å². The van der Waals surface area contributed by atoms with E-state index in [1.807, 2.05) is 6.92 Å². The van der Waals surface area contributed by atoms with Crippen molar-refractivity contribution in [2.24, 2.45) is 5.41 Å². The molecule has 0 spiro atoms. The van der Waals surface area contributed by atoms with E-state index in [0.29, 0.717) is 30.0 Å². The third-order valence-electron chi connectivity index (χ3n) is 3.79. The van der Waals surface area contributed by atoms with Crippen LogP contribution in [0.3, 0.4) is 0 Å². The Balaban J connectivity index is 3.37. The first kappa shape index (κ1) is 16.5. The van der Waals surface area contributed by atoms with E-state index in [1.165, 1.54) is 6.07 Å². The van der Waals surface area contributed by atoms with Gasteiger partial charge in [-0.3, -0.25) is 4.79 Å². The van der Waals surface area contributed by atoms with Crippen molar-refractivity contribution in [3.8, 4) is 0 Å². The molecule has 0 radical (unpaired) electrons. The highest BCUT2D eigenvalue weighted by atomic mass is 16.5. The summed E-state index contributed by atoms with van der Waals surface area (Å²) in [6.45, 7) is 12.6. The van der Waals surface area contributed by atoms with Gasteiger partial charge in [0.2, 0.25) is 0 Å². The van der Waals surface area contributed by atoms with Gasteiger partial charge < -0.3 is 9.30 Å². The highest BCUT2D eigenvalue weighted by molar-refractivity contribution is 5.92. The number of rotatable bonds is 5. The molecule has 1 aromatic rings. The van der Waals surface area contributed by atoms with Gasteiger partial charge in [0.15, 0.2) is 0 Å². The zero-order valence-electron chi connectivity index (χ0n) is 13.4. The predicted molar refractivity (Wildman–Crippen MR) is 80.2 cm³/mol. The highest BCUT2D eigenvalue weighted by Crippen LogP contribution is 2.23. The van der Waals surface area contributed by atoms with E-state index in [-0.39, 0.29) is 16.9 Å². The molecule has 20 heavy (non-hydrogen) atoms. The second kappa shape index (κ2) is 6.25. The maximum absolute atomic E-state index is 12.2. The maximum atomic E-state index is 12.2. The molecule has 0 atom stereocenters. The average Bonchev–Trinajstić information content (AvgIpc) is 2.34. The summed E-state index contributed by atoms with van der Waals surface area (Å²) in [5.74, 6) is -0.356. The lowest BCUT2D eigenvalue weighted by Gasteiger charge is -2.26. The van der Waals surface area contributed by atoms with Crippen molar-refractivity contribution in [2.45, 2.75) is 54.5 Å². The summed E-state index contributed by atoms with van der Waals surface area (Å²) >= 11 is 0. The average molecular weight is 279 g/mol. The van der Waals surface area contributed by atoms with Gasteiger partial charge in [-0.15, -0.1) is 0 Å². The van der Waals surface area contributed by atoms with Crippen LogP contribution in [0.5, 0.6) is 0 Å². The number of esters is 1. The molecule has 0 unspecified atom stereocenters. The highest BCUT2D eigenvalue weighted by Gasteiger charge is 2.22. The van der Waals surface area contributed by atoms with Crippen molar-refractivity contribution >= 4 is 5.97 Å². The second-order valence-electron chi connectivity index (χ2n) is 5.95. The fourth-order valence-corrected chi connectivity index (χ4v) is 2.17. The van der Waals surface area contributed by atoms with E-state index in [2.05, 4.69) is 20.8 Å². The Morgan fingerprint density at radius 2 is 1.90 bits per heavy atom. The number of aromatic nitrogens is 1. The minimum Gasteiger partial charge on any atom is -0.462 e. The molecule has 0 aliphatic carbocycles. The molecule has 0 amide bonds. The van der Waals surface area contributed by atoms with Gasteiger partial charge in [0, 0.05) is 18.3 Å². The van der Waals surface area contributed by atoms with Gasteiger partial charge in [-0.05, 0) is 38.2 Å². The van der Waals surface area contributed by atoms with Crippen LogP contribution in [0.25, 0.3) is 0 Å². The lowest BCUT2D eigenvalue weighted by Crippen LogP contribution is -2.31. The number of aryl methyl sites for hydroxylation is 1. The molecule has 0 N–H and O–H groups in total. The van der Waals surface area contributed by atoms with Crippen molar-refractivity contribution in [3.63, 3.8) is 0 Å². The van der Waals surface area contributed by atoms with Gasteiger partial charge in [-0.2, -0.15) is 0 Å². The summed E-state index contributed by atoms with van der Waals surface area (Å²) in [6, 6.07) is 1.52. The van der Waals surface area contributed by atoms with Crippen molar-refractivity contribution < 1.29 is 9.53 Å². The van der Waals surface area contributed by atoms with Gasteiger partial charge in [0.1, 0.15) is 0 Å². The summed E-state index contributed by atoms with van der Waals surface area (Å²) in [6.07, 6.45) is 0.960. The lowest BCUT2D eigenvalue weighted by atomic mass is 9.90. The molecule has 0 saturated heterocycles. The molecule has 0 aliphatic rings. The van der Waals surface area contributed by atoms with E-state index in [4.69, 9.17) is 4.74 Å². The molecule has 0 saturated carbocycles. The van der Waals surface area contributed by atoms with E-state index in [0.717, 1.165) is 6.42 Å². The van der Waals surface area contributed by atoms with Crippen LogP contribution in [0.1, 0.15) is 55.7 Å². The van der Waals surface area contributed by atoms with Crippen LogP contribution in [-0.2, 0) is 11.3 Å². The summed E-state index contributed by atoms with van der Waals surface area (Å²) in [5.41, 5.74) is 1.83. The van der Waals surface area contributed by atoms with Crippen molar-refractivity contribution in [1.29, 1.82) is 0 Å². The topological polar surface area (TPSA) is 48.3 Å². The standard InChI is InChI=1S/C16H25NO3/c1-7-16(5,6)10-17-12(4)14(15(19)20-8-2)11(3)9-13(17)18/h9H,7-8,10H2,1-6H3. The van der Waals surface area contributed by atoms with E-state index >= 15 is 0 Å². The van der Waals surface area contributed by atoms with Gasteiger partial charge in [-0.25, -0.2) is 4.79 Å². The van der Waals surface area contributed by atoms with Crippen LogP contribution in [0.4, 0.5) is 0 Å². The number of hydrogen-bond donors (Lipinski definition) is 0. The summed E-state index contributed by atoms with van der Waals surface area (Å²) in [7, 11) is 0. The Bertz CT molecular complexity index is 556. The quantitative estimate of drug-likeness (QED) is 0.778. The summed E-state index contributed by atoms with van der Waals surface area (Å²) < 4.78 is 6.77. The zero-order chi connectivity index (χ0) is 15.5. The zero-order valence-corrected chi connectivity index (χ0v) is 13.4. The van der Waals surface area contributed by atoms with Crippen LogP contribution >= 0.6 is 0 Å². The molecular formula is C16H25NO3. The molecule has 1 aromatic heterocycles. The number of carbonyl (C=O) groups excluding carboxylic acids is 1. The Morgan fingerprint density at radius 3 is 2.40 bits per heavy atom. The Labute approximate surface area is 120 Å². The second-order valence-corrected chi connectivity index (χ2v) is 5.95. The minimum atomic E-state index is -0.356. The lowest BCUT2D eigenvalue weighted by molar-refractivity contribution is 0.0523. The van der Waals surface area contributed by atoms with Crippen molar-refractivity contribution in [1.82, 2.24) is 4.57 Å². The number of hydrogen-bond acceptors (Lipinski definition) is 3. The predicted octanol–water partition coefficient (Wildman–Crippen LogP) is 3.08. The fraction of sp³-hybridized carbons (Fsp3) is 0.625. The van der Waals surface area contributed by atoms with E-state index in [9.17, 15) is 9.59 Å². The van der Waals surface area contributed by atoms with Crippen LogP contribution < -0.4 is 5.56 Å². The molecule has 1 heterocycles. The Kier molecular flexibility index (Phi) is 5.15. The third-order valence-corrected chi connectivity index (χ3v) is 3.79. The van der Waals surface area contributed by atoms with Crippen LogP contribution in [0.15, 0.2) is 10.9 Å². The molecule has 4 heteroatoms. The third kappa shape index (κ3) is 3.50. The molecule has 0 fully saturated rings. The van der Waals surface area contributed by atoms with Crippen molar-refractivity contribution in [2.75, 3.05) is 6.61 Å². The SMILES string of the molecule is CCOC(=O)c1c(C)cc(=O)n(CC(C)(C)CC)c1C. The van der Waals surface area contributed by atoms with Gasteiger partial charge >= 0.3 is 5.97 Å². The largest absolute Gasteiger partial charge is 0.462 e. The fourth-order valence-electron chi connectivity index (χ4n) is 2.17. The first-order chi connectivity index (χ1) is 9.23. The molecule has 0 aromatic carbocycles. The van der Waals surface area contributed by atoms with Gasteiger partial charge in [0.05, 0.1) is 12.2 Å². The number of ether oxygens (including phenoxy) is 1. The van der Waals surface area contributed by atoms with Gasteiger partial charge in [0.25, 0.3) is 5.56 Å². The monoisotopic (exact) mass is 279 g/mol. The van der Waals surface area contributed by atoms with Crippen LogP contribution in [0.2, 0.25) is 0 Å². The molecule has 112 valence electrons. The van der Waals surface area contributed by atoms with Crippen LogP contribution in [-0.4, -0.2) is 17.1 Å². The smallest absolute Gasteiger partial charge is 0.340 e. The Hall–Kier alpha value is -1.58. The first-order valence-electron chi connectivity index (χ1n) is 7.11. The first-order valence-corrected chi connectivity index (χ1v) is 7.11. The van der Waals surface area contributed by atoms with Crippen LogP contribution in [0, 0.1) is 19.3 Å². The summed E-state index contributed by atoms with van der Waals surface area (Å²) in [4.78, 5) is 24.2. The molecule has 0 aliphatic heterocycles. The number of carbonyl (C=O) groups is 1. The minimum absolute atomic E-state index is 0.00970. The van der Waals surface area contributed by atoms with Crippen molar-refractivity contribution in [3.05, 3.63) is 33.2 Å². The van der Waals surface area contributed by atoms with E-state index in [1.54, 1.807) is 18.4 Å². The molecular weight excluding hydrogens is 254 g/mol. The normalized spacial score (nSPS) is 11.5. The molecule has 4 nitrogen and oxygen atoms in total. The molecule has 0 bridgehead atoms. The summed E-state index contributed by atoms with van der Waals surface area (Å²) in [5, 5.41) is 0. The van der Waals surface area contributed by atoms with E-state index < -0.39 is 0 Å². The maximum Gasteiger partial charge on any atom is 0.340 e. The number of nitrogens with zero attached hydrogens (tertiary/aromatic N) is 1. The number of pyridine rings is 1. The molecule has 1 rings (SSSR count). The Morgan fingerprint density at radius 1 is 1.30 bits per heavy atom.